The Hall–Kier alpha value is -7.26. The monoisotopic (exact) mass is 1230 g/mol. The third kappa shape index (κ3) is 8.21. The molecular formula is C60H64N2O26. The highest BCUT2D eigenvalue weighted by molar-refractivity contribution is 6.32. The van der Waals surface area contributed by atoms with E-state index in [1.165, 1.54) is 37.5 Å². The molecule has 0 aromatic heterocycles. The number of ketones is 4. The largest absolute Gasteiger partial charge is 0.507 e. The molecular weight excluding hydrogens is 1160 g/mol. The van der Waals surface area contributed by atoms with Gasteiger partial charge in [0.05, 0.1) is 67.8 Å². The van der Waals surface area contributed by atoms with Crippen molar-refractivity contribution >= 4 is 35.1 Å². The van der Waals surface area contributed by atoms with Gasteiger partial charge in [-0.15, -0.1) is 0 Å². The Labute approximate surface area is 499 Å². The van der Waals surface area contributed by atoms with E-state index in [-0.39, 0.29) is 33.8 Å². The number of esters is 2. The van der Waals surface area contributed by atoms with Crippen LogP contribution in [0.25, 0.3) is 0 Å². The van der Waals surface area contributed by atoms with E-state index >= 15 is 0 Å². The molecule has 4 aliphatic carbocycles. The third-order valence-electron chi connectivity index (χ3n) is 18.7. The van der Waals surface area contributed by atoms with Gasteiger partial charge in [0.1, 0.15) is 70.1 Å². The van der Waals surface area contributed by atoms with Crippen molar-refractivity contribution in [3.63, 3.8) is 0 Å². The van der Waals surface area contributed by atoms with Gasteiger partial charge in [-0.25, -0.2) is 9.59 Å². The van der Waals surface area contributed by atoms with Crippen molar-refractivity contribution in [3.05, 3.63) is 102 Å². The van der Waals surface area contributed by atoms with E-state index in [0.717, 1.165) is 38.5 Å². The first-order valence-corrected chi connectivity index (χ1v) is 27.8. The van der Waals surface area contributed by atoms with Crippen LogP contribution in [0.15, 0.2) is 24.3 Å². The normalized spacial score (nSPS) is 34.5. The van der Waals surface area contributed by atoms with E-state index in [9.17, 15) is 90.0 Å². The zero-order chi connectivity index (χ0) is 64.3. The Morgan fingerprint density at radius 3 is 1.20 bits per heavy atom. The maximum atomic E-state index is 14.8. The molecule has 28 nitrogen and oxygen atoms in total. The van der Waals surface area contributed by atoms with Crippen LogP contribution in [0.3, 0.4) is 0 Å². The van der Waals surface area contributed by atoms with Gasteiger partial charge < -0.3 is 109 Å². The molecule has 88 heavy (non-hydrogen) atoms. The standard InChI is InChI=1S/C60H64N2O26/c1-55(79)15-19-11-21-27(39(67)29-25(63)13-23-47(31(29)37(21)65)83-53-43(71)35(61(5)6)49(75)57(23,3)87-53)41(69)33(19)59(17-55,81-9)85-51(77)45(73)46(74)52(78)86-60(82-10)18-56(2,80)16-20-12-22-28(42(70)34(20)60)40(68)30-26(64)14-24-48(32(30)38(22)66)84-54-44(72)36(62(7)8)50(76)58(24,4)88-54/h11-14,35-36,43-46,49-50,53-54,63-64,69-76,79-80H,15-18H2,1-10H3. The van der Waals surface area contributed by atoms with Gasteiger partial charge in [-0.2, -0.15) is 0 Å². The van der Waals surface area contributed by atoms with Crippen LogP contribution in [-0.4, -0.2) is 221 Å². The van der Waals surface area contributed by atoms with Crippen molar-refractivity contribution in [2.24, 2.45) is 0 Å². The highest BCUT2D eigenvalue weighted by atomic mass is 16.7. The molecule has 2 fully saturated rings. The second kappa shape index (κ2) is 19.6. The molecule has 4 aromatic rings. The van der Waals surface area contributed by atoms with Gasteiger partial charge in [-0.3, -0.25) is 19.2 Å². The van der Waals surface area contributed by atoms with Crippen molar-refractivity contribution < 1.29 is 128 Å². The summed E-state index contributed by atoms with van der Waals surface area (Å²) in [5, 5.41) is 140. The maximum absolute atomic E-state index is 14.8. The van der Waals surface area contributed by atoms with Gasteiger partial charge in [0.25, 0.3) is 0 Å². The predicted octanol–water partition coefficient (Wildman–Crippen LogP) is -1.21. The van der Waals surface area contributed by atoms with E-state index in [2.05, 4.69) is 0 Å². The molecule has 16 atom stereocenters. The molecule has 16 unspecified atom stereocenters. The number of aromatic hydroxyl groups is 4. The third-order valence-corrected chi connectivity index (χ3v) is 18.7. The summed E-state index contributed by atoms with van der Waals surface area (Å²) < 4.78 is 46.9. The SMILES string of the molecule is COC1(OC(=O)C(O)C(O)C(=O)OC2(OC)CC(C)(O)Cc3cc4c(c(O)c32)C(=O)c2c(O)cc3c(c2C4=O)OC2OC3(C)C(O)C(N(C)C)C2O)CC(C)(O)Cc2cc3c(c(O)c21)C(=O)c1c(O)cc2c(c1C3=O)OC1OC2(C)C(O)C(N(C)C)C1O. The average molecular weight is 1230 g/mol. The molecule has 0 saturated carbocycles. The molecule has 4 heterocycles. The molecule has 12 N–H and O–H groups in total. The fraction of sp³-hybridized carbons (Fsp3) is 0.500. The number of nitrogens with zero attached hydrogens (tertiary/aromatic N) is 2. The highest BCUT2D eigenvalue weighted by Gasteiger charge is 2.63. The molecule has 28 heteroatoms. The Balaban J connectivity index is 0.857. The topological polar surface area (TPSA) is 426 Å². The average Bonchev–Trinajstić information content (AvgIpc) is 0.716. The summed E-state index contributed by atoms with van der Waals surface area (Å²) >= 11 is 0. The minimum Gasteiger partial charge on any atom is -0.507 e. The summed E-state index contributed by atoms with van der Waals surface area (Å²) in [5.74, 6) is -18.1. The van der Waals surface area contributed by atoms with Gasteiger partial charge in [-0.05, 0) is 91.3 Å². The number of hydrogen-bond donors (Lipinski definition) is 12. The van der Waals surface area contributed by atoms with E-state index in [4.69, 9.17) is 37.9 Å². The summed E-state index contributed by atoms with van der Waals surface area (Å²) in [6.45, 7) is 5.38. The van der Waals surface area contributed by atoms with Crippen molar-refractivity contribution in [3.8, 4) is 34.5 Å². The van der Waals surface area contributed by atoms with E-state index in [1.54, 1.807) is 28.2 Å². The number of phenolic OH excluding ortho intramolecular Hbond substituents is 4. The second-order valence-corrected chi connectivity index (χ2v) is 25.3. The number of fused-ring (bicyclic) bond motifs is 16. The van der Waals surface area contributed by atoms with Crippen LogP contribution in [0.2, 0.25) is 0 Å². The van der Waals surface area contributed by atoms with Crippen molar-refractivity contribution in [2.75, 3.05) is 42.4 Å². The second-order valence-electron chi connectivity index (χ2n) is 25.3. The molecule has 0 spiro atoms. The lowest BCUT2D eigenvalue weighted by Gasteiger charge is -2.53. The number of aliphatic hydroxyl groups is 8. The quantitative estimate of drug-likeness (QED) is 0.0597. The minimum absolute atomic E-state index is 0.0592. The smallest absolute Gasteiger partial charge is 0.341 e. The Morgan fingerprint density at radius 1 is 0.545 bits per heavy atom. The Bertz CT molecular complexity index is 3580. The number of aliphatic hydroxyl groups excluding tert-OH is 6. The molecule has 0 radical (unpaired) electrons. The molecule has 2 saturated heterocycles. The first-order chi connectivity index (χ1) is 41.0. The number of hydrogen-bond acceptors (Lipinski definition) is 28. The molecule has 0 amide bonds. The number of rotatable bonds is 9. The highest BCUT2D eigenvalue weighted by Crippen LogP contribution is 2.59. The van der Waals surface area contributed by atoms with Gasteiger partial charge in [0.2, 0.25) is 35.7 Å². The molecule has 4 aromatic carbocycles. The lowest BCUT2D eigenvalue weighted by molar-refractivity contribution is -0.311. The number of phenols is 4. The number of carbonyl (C=O) groups is 6. The van der Waals surface area contributed by atoms with Crippen molar-refractivity contribution in [1.29, 1.82) is 0 Å². The number of likely N-dealkylation sites (N-methyl/N-ethyl adjacent to an activating group) is 2. The summed E-state index contributed by atoms with van der Waals surface area (Å²) in [4.78, 5) is 90.8. The van der Waals surface area contributed by atoms with Crippen LogP contribution in [-0.2, 0) is 73.6 Å². The number of methoxy groups -OCH3 is 2. The van der Waals surface area contributed by atoms with Crippen LogP contribution >= 0.6 is 0 Å². The minimum atomic E-state index is -2.98. The summed E-state index contributed by atoms with van der Waals surface area (Å²) in [6, 6.07) is 2.32. The zero-order valence-corrected chi connectivity index (χ0v) is 48.9. The fourth-order valence-corrected chi connectivity index (χ4v) is 14.7. The zero-order valence-electron chi connectivity index (χ0n) is 48.9. The van der Waals surface area contributed by atoms with Gasteiger partial charge in [-0.1, -0.05) is 0 Å². The van der Waals surface area contributed by atoms with Crippen LogP contribution in [0, 0.1) is 0 Å². The molecule has 8 aliphatic rings. The Kier molecular flexibility index (Phi) is 13.6. The summed E-state index contributed by atoms with van der Waals surface area (Å²) in [7, 11) is 8.26. The molecule has 4 aliphatic heterocycles. The predicted molar refractivity (Wildman–Crippen MR) is 290 cm³/mol. The maximum Gasteiger partial charge on any atom is 0.341 e. The first-order valence-electron chi connectivity index (χ1n) is 27.8. The first kappa shape index (κ1) is 61.0. The van der Waals surface area contributed by atoms with Crippen molar-refractivity contribution in [2.45, 2.75) is 149 Å². The number of ether oxygens (including phenoxy) is 8. The van der Waals surface area contributed by atoms with E-state index in [0.29, 0.717) is 0 Å². The van der Waals surface area contributed by atoms with E-state index in [1.807, 2.05) is 0 Å². The van der Waals surface area contributed by atoms with Gasteiger partial charge >= 0.3 is 11.9 Å². The molecule has 470 valence electrons. The Morgan fingerprint density at radius 2 is 0.886 bits per heavy atom. The summed E-state index contributed by atoms with van der Waals surface area (Å²) in [6.07, 6.45) is -17.4. The van der Waals surface area contributed by atoms with Crippen molar-refractivity contribution in [1.82, 2.24) is 9.80 Å². The lowest BCUT2D eigenvalue weighted by Crippen LogP contribution is -2.68. The molecule has 4 bridgehead atoms. The van der Waals surface area contributed by atoms with Gasteiger partial charge in [0.15, 0.2) is 23.8 Å². The van der Waals surface area contributed by atoms with Gasteiger partial charge in [0, 0.05) is 62.2 Å². The lowest BCUT2D eigenvalue weighted by atomic mass is 9.71. The van der Waals surface area contributed by atoms with Crippen LogP contribution in [0.1, 0.15) is 138 Å². The fourth-order valence-electron chi connectivity index (χ4n) is 14.7. The van der Waals surface area contributed by atoms with Crippen LogP contribution < -0.4 is 9.47 Å². The number of benzene rings is 4. The van der Waals surface area contributed by atoms with E-state index < -0.39 is 235 Å². The van der Waals surface area contributed by atoms with Crippen LogP contribution in [0.5, 0.6) is 34.5 Å². The molecule has 12 rings (SSSR count). The summed E-state index contributed by atoms with van der Waals surface area (Å²) in [5.41, 5.74) is -13.9. The van der Waals surface area contributed by atoms with Crippen LogP contribution in [0.4, 0.5) is 0 Å². The number of carbonyl (C=O) groups excluding carboxylic acids is 6.